The summed E-state index contributed by atoms with van der Waals surface area (Å²) in [4.78, 5) is 0. The Balaban J connectivity index is 2.38. The van der Waals surface area contributed by atoms with E-state index in [0.29, 0.717) is 17.3 Å². The zero-order valence-electron chi connectivity index (χ0n) is 13.2. The van der Waals surface area contributed by atoms with Gasteiger partial charge in [0.2, 0.25) is 0 Å². The first-order chi connectivity index (χ1) is 11.0. The molecule has 5 nitrogen and oxygen atoms in total. The highest BCUT2D eigenvalue weighted by atomic mass is 35.5. The van der Waals surface area contributed by atoms with Gasteiger partial charge in [-0.05, 0) is 50.6 Å². The molecule has 0 radical (unpaired) electrons. The highest BCUT2D eigenvalue weighted by Gasteiger charge is 2.24. The molecular formula is C17H18ClN3O2. The minimum Gasteiger partial charge on any atom is -0.508 e. The van der Waals surface area contributed by atoms with E-state index < -0.39 is 0 Å². The Hall–Kier alpha value is -2.24. The van der Waals surface area contributed by atoms with Crippen LogP contribution in [-0.2, 0) is 6.54 Å². The molecule has 3 N–H and O–H groups in total. The van der Waals surface area contributed by atoms with E-state index in [1.165, 1.54) is 0 Å². The minimum atomic E-state index is 0.205. The van der Waals surface area contributed by atoms with Gasteiger partial charge in [-0.2, -0.15) is 0 Å². The monoisotopic (exact) mass is 331 g/mol. The summed E-state index contributed by atoms with van der Waals surface area (Å²) in [6.45, 7) is 6.03. The molecule has 0 saturated carbocycles. The number of nitrogens with two attached hydrogens (primary N) is 1. The number of rotatable bonds is 3. The van der Waals surface area contributed by atoms with Crippen LogP contribution in [0.1, 0.15) is 22.7 Å². The summed E-state index contributed by atoms with van der Waals surface area (Å²) in [5, 5.41) is 14.2. The number of phenols is 1. The average molecular weight is 332 g/mol. The smallest absolute Gasteiger partial charge is 0.157 e. The molecule has 2 heterocycles. The molecule has 0 aliphatic heterocycles. The molecule has 0 saturated heterocycles. The van der Waals surface area contributed by atoms with Crippen molar-refractivity contribution in [1.82, 2.24) is 9.72 Å². The second-order valence-corrected chi connectivity index (χ2v) is 5.87. The van der Waals surface area contributed by atoms with Crippen LogP contribution in [0.25, 0.3) is 16.9 Å². The molecular weight excluding hydrogens is 314 g/mol. The number of phenolic OH excluding ortho intramolecular Hbond substituents is 1. The molecule has 0 aliphatic rings. The summed E-state index contributed by atoms with van der Waals surface area (Å²) in [6, 6.07) is 6.91. The fourth-order valence-corrected chi connectivity index (χ4v) is 3.17. The maximum atomic E-state index is 9.54. The van der Waals surface area contributed by atoms with Gasteiger partial charge in [0.25, 0.3) is 0 Å². The van der Waals surface area contributed by atoms with Crippen LogP contribution in [0.15, 0.2) is 28.8 Å². The van der Waals surface area contributed by atoms with E-state index in [1.807, 2.05) is 37.5 Å². The van der Waals surface area contributed by atoms with Crippen LogP contribution in [0, 0.1) is 20.8 Å². The third-order valence-corrected chi connectivity index (χ3v) is 4.48. The maximum absolute atomic E-state index is 9.54. The maximum Gasteiger partial charge on any atom is 0.157 e. The summed E-state index contributed by atoms with van der Waals surface area (Å²) in [5.74, 6) is 0.903. The van der Waals surface area contributed by atoms with Crippen molar-refractivity contribution in [3.8, 4) is 22.7 Å². The fraction of sp³-hybridized carbons (Fsp3) is 0.235. The van der Waals surface area contributed by atoms with E-state index in [4.69, 9.17) is 21.9 Å². The van der Waals surface area contributed by atoms with Crippen molar-refractivity contribution in [2.24, 2.45) is 5.73 Å². The van der Waals surface area contributed by atoms with Gasteiger partial charge in [0.05, 0.1) is 10.7 Å². The average Bonchev–Trinajstić information content (AvgIpc) is 2.98. The number of benzene rings is 1. The highest BCUT2D eigenvalue weighted by Crippen LogP contribution is 2.39. The van der Waals surface area contributed by atoms with Gasteiger partial charge >= 0.3 is 0 Å². The molecule has 0 bridgehead atoms. The molecule has 0 unspecified atom stereocenters. The van der Waals surface area contributed by atoms with E-state index in [2.05, 4.69) is 5.16 Å². The second-order valence-electron chi connectivity index (χ2n) is 5.49. The number of aromatic nitrogens is 2. The van der Waals surface area contributed by atoms with Crippen LogP contribution in [0.2, 0.25) is 5.02 Å². The van der Waals surface area contributed by atoms with Crippen LogP contribution < -0.4 is 5.73 Å². The second kappa shape index (κ2) is 5.76. The minimum absolute atomic E-state index is 0.205. The third-order valence-electron chi connectivity index (χ3n) is 4.02. The van der Waals surface area contributed by atoms with E-state index in [1.54, 1.807) is 12.1 Å². The van der Waals surface area contributed by atoms with Gasteiger partial charge in [0.15, 0.2) is 5.76 Å². The van der Waals surface area contributed by atoms with Crippen molar-refractivity contribution in [3.05, 3.63) is 52.0 Å². The summed E-state index contributed by atoms with van der Waals surface area (Å²) < 4.78 is 7.32. The van der Waals surface area contributed by atoms with Gasteiger partial charge in [0, 0.05) is 17.8 Å². The van der Waals surface area contributed by atoms with Crippen LogP contribution in [-0.4, -0.2) is 14.8 Å². The number of aryl methyl sites for hydroxylation is 2. The number of hydrogen-bond acceptors (Lipinski definition) is 4. The van der Waals surface area contributed by atoms with Gasteiger partial charge in [-0.25, -0.2) is 0 Å². The number of nitrogens with zero attached hydrogens (tertiary/aromatic N) is 2. The molecule has 23 heavy (non-hydrogen) atoms. The molecule has 0 fully saturated rings. The first kappa shape index (κ1) is 15.6. The lowest BCUT2D eigenvalue weighted by Crippen LogP contribution is -2.09. The Morgan fingerprint density at radius 2 is 1.87 bits per heavy atom. The molecule has 0 aliphatic carbocycles. The Morgan fingerprint density at radius 1 is 1.22 bits per heavy atom. The van der Waals surface area contributed by atoms with E-state index in [9.17, 15) is 5.11 Å². The molecule has 6 heteroatoms. The fourth-order valence-electron chi connectivity index (χ4n) is 2.87. The Bertz CT molecular complexity index is 844. The van der Waals surface area contributed by atoms with Crippen molar-refractivity contribution < 1.29 is 9.63 Å². The van der Waals surface area contributed by atoms with Crippen LogP contribution in [0.5, 0.6) is 5.75 Å². The summed E-state index contributed by atoms with van der Waals surface area (Å²) in [6.07, 6.45) is 0. The van der Waals surface area contributed by atoms with Gasteiger partial charge < -0.3 is 19.9 Å². The van der Waals surface area contributed by atoms with Gasteiger partial charge in [-0.3, -0.25) is 0 Å². The van der Waals surface area contributed by atoms with E-state index >= 15 is 0 Å². The van der Waals surface area contributed by atoms with Gasteiger partial charge in [0.1, 0.15) is 17.1 Å². The standard InChI is InChI=1S/C17H18ClN3O2/c1-9-14(8-19)21(16-10(2)20-23-11(16)3)17(15(9)18)12-4-6-13(22)7-5-12/h4-7,22H,8,19H2,1-3H3. The SMILES string of the molecule is Cc1noc(C)c1-n1c(CN)c(C)c(Cl)c1-c1ccc(O)cc1. The van der Waals surface area contributed by atoms with Crippen molar-refractivity contribution in [3.63, 3.8) is 0 Å². The summed E-state index contributed by atoms with van der Waals surface area (Å²) in [7, 11) is 0. The predicted molar refractivity (Wildman–Crippen MR) is 90.0 cm³/mol. The molecule has 2 aromatic heterocycles. The van der Waals surface area contributed by atoms with Crippen LogP contribution >= 0.6 is 11.6 Å². The predicted octanol–water partition coefficient (Wildman–Crippen LogP) is 3.88. The zero-order chi connectivity index (χ0) is 16.7. The van der Waals surface area contributed by atoms with E-state index in [-0.39, 0.29) is 5.75 Å². The first-order valence-electron chi connectivity index (χ1n) is 7.28. The topological polar surface area (TPSA) is 77.2 Å². The summed E-state index contributed by atoms with van der Waals surface area (Å²) in [5.41, 5.74) is 11.1. The Morgan fingerprint density at radius 3 is 2.39 bits per heavy atom. The third kappa shape index (κ3) is 2.42. The molecule has 3 rings (SSSR count). The van der Waals surface area contributed by atoms with Crippen molar-refractivity contribution >= 4 is 11.6 Å². The molecule has 3 aromatic rings. The van der Waals surface area contributed by atoms with Gasteiger partial charge in [-0.1, -0.05) is 16.8 Å². The van der Waals surface area contributed by atoms with Crippen molar-refractivity contribution in [2.45, 2.75) is 27.3 Å². The van der Waals surface area contributed by atoms with Crippen LogP contribution in [0.3, 0.4) is 0 Å². The lowest BCUT2D eigenvalue weighted by molar-refractivity contribution is 0.393. The number of hydrogen-bond donors (Lipinski definition) is 2. The van der Waals surface area contributed by atoms with E-state index in [0.717, 1.165) is 33.9 Å². The molecule has 0 amide bonds. The zero-order valence-corrected chi connectivity index (χ0v) is 14.0. The lowest BCUT2D eigenvalue weighted by Gasteiger charge is -2.13. The molecule has 0 spiro atoms. The quantitative estimate of drug-likeness (QED) is 0.763. The molecule has 0 atom stereocenters. The number of aromatic hydroxyl groups is 1. The summed E-state index contributed by atoms with van der Waals surface area (Å²) >= 11 is 6.60. The normalized spacial score (nSPS) is 11.2. The first-order valence-corrected chi connectivity index (χ1v) is 7.65. The molecule has 120 valence electrons. The van der Waals surface area contributed by atoms with Crippen molar-refractivity contribution in [2.75, 3.05) is 0 Å². The Kier molecular flexibility index (Phi) is 3.92. The lowest BCUT2D eigenvalue weighted by atomic mass is 10.1. The van der Waals surface area contributed by atoms with Crippen molar-refractivity contribution in [1.29, 1.82) is 0 Å². The highest BCUT2D eigenvalue weighted by molar-refractivity contribution is 6.34. The largest absolute Gasteiger partial charge is 0.508 e. The molecule has 1 aromatic carbocycles. The van der Waals surface area contributed by atoms with Gasteiger partial charge in [-0.15, -0.1) is 0 Å². The Labute approximate surface area is 139 Å². The van der Waals surface area contributed by atoms with Crippen LogP contribution in [0.4, 0.5) is 0 Å². The number of halogens is 1.